The molecule has 1 saturated heterocycles. The molecule has 1 unspecified atom stereocenters. The summed E-state index contributed by atoms with van der Waals surface area (Å²) in [5.74, 6) is 1.45. The summed E-state index contributed by atoms with van der Waals surface area (Å²) in [4.78, 5) is 36.7. The molecule has 0 radical (unpaired) electrons. The topological polar surface area (TPSA) is 84.9 Å². The van der Waals surface area contributed by atoms with Gasteiger partial charge in [-0.1, -0.05) is 11.6 Å². The molecule has 9 heteroatoms. The number of nitrogens with zero attached hydrogens (tertiary/aromatic N) is 1. The number of rotatable bonds is 9. The summed E-state index contributed by atoms with van der Waals surface area (Å²) in [6.45, 7) is 4.59. The van der Waals surface area contributed by atoms with E-state index in [-0.39, 0.29) is 30.3 Å². The summed E-state index contributed by atoms with van der Waals surface area (Å²) in [6.07, 6.45) is 0.143. The number of thioether (sulfide) groups is 1. The van der Waals surface area contributed by atoms with Crippen molar-refractivity contribution in [3.63, 3.8) is 0 Å². The smallest absolute Gasteiger partial charge is 0.223 e. The van der Waals surface area contributed by atoms with Crippen LogP contribution in [-0.4, -0.2) is 66.5 Å². The normalized spacial score (nSPS) is 16.5. The molecule has 0 saturated carbocycles. The van der Waals surface area contributed by atoms with E-state index in [0.717, 1.165) is 0 Å². The summed E-state index contributed by atoms with van der Waals surface area (Å²) in [5, 5.41) is 3.16. The Bertz CT molecular complexity index is 716. The number of amides is 2. The van der Waals surface area contributed by atoms with Gasteiger partial charge in [-0.2, -0.15) is 0 Å². The van der Waals surface area contributed by atoms with E-state index >= 15 is 0 Å². The number of carbonyl (C=O) groups excluding carboxylic acids is 3. The molecular formula is C19H25ClN2O5S. The van der Waals surface area contributed by atoms with Crippen LogP contribution >= 0.6 is 23.4 Å². The van der Waals surface area contributed by atoms with Crippen molar-refractivity contribution in [2.24, 2.45) is 0 Å². The molecule has 0 bridgehead atoms. The van der Waals surface area contributed by atoms with Crippen molar-refractivity contribution in [2.75, 3.05) is 37.9 Å². The van der Waals surface area contributed by atoms with Crippen LogP contribution in [0.4, 0.5) is 0 Å². The maximum Gasteiger partial charge on any atom is 0.223 e. The minimum atomic E-state index is -0.264. The number of morpholine rings is 1. The van der Waals surface area contributed by atoms with Crippen LogP contribution in [0.25, 0.3) is 0 Å². The minimum Gasteiger partial charge on any atom is -0.490 e. The van der Waals surface area contributed by atoms with Gasteiger partial charge in [0.15, 0.2) is 5.78 Å². The van der Waals surface area contributed by atoms with Gasteiger partial charge in [-0.3, -0.25) is 14.4 Å². The molecule has 2 amide bonds. The van der Waals surface area contributed by atoms with Crippen LogP contribution in [0.15, 0.2) is 18.2 Å². The molecule has 1 aliphatic rings. The molecule has 1 aromatic rings. The van der Waals surface area contributed by atoms with Crippen molar-refractivity contribution < 1.29 is 23.9 Å². The summed E-state index contributed by atoms with van der Waals surface area (Å²) in [5.41, 5.74) is 0.424. The fraction of sp³-hybridized carbons (Fsp3) is 0.526. The van der Waals surface area contributed by atoms with Gasteiger partial charge in [0.25, 0.3) is 0 Å². The number of benzene rings is 1. The first-order chi connectivity index (χ1) is 13.4. The van der Waals surface area contributed by atoms with E-state index in [0.29, 0.717) is 54.1 Å². The highest BCUT2D eigenvalue weighted by atomic mass is 35.5. The Labute approximate surface area is 174 Å². The molecule has 1 aromatic carbocycles. The summed E-state index contributed by atoms with van der Waals surface area (Å²) in [6, 6.07) is 4.91. The molecule has 154 valence electrons. The van der Waals surface area contributed by atoms with E-state index in [1.54, 1.807) is 23.1 Å². The zero-order chi connectivity index (χ0) is 20.5. The fourth-order valence-corrected chi connectivity index (χ4v) is 3.62. The van der Waals surface area contributed by atoms with Gasteiger partial charge < -0.3 is 19.7 Å². The molecule has 2 rings (SSSR count). The second-order valence-electron chi connectivity index (χ2n) is 6.38. The lowest BCUT2D eigenvalue weighted by Gasteiger charge is -2.33. The van der Waals surface area contributed by atoms with Crippen LogP contribution < -0.4 is 10.1 Å². The van der Waals surface area contributed by atoms with Crippen molar-refractivity contribution in [2.45, 2.75) is 26.4 Å². The van der Waals surface area contributed by atoms with Crippen LogP contribution in [0.2, 0.25) is 5.02 Å². The van der Waals surface area contributed by atoms with Crippen molar-refractivity contribution >= 4 is 41.0 Å². The van der Waals surface area contributed by atoms with Crippen molar-refractivity contribution in [1.82, 2.24) is 10.2 Å². The van der Waals surface area contributed by atoms with Gasteiger partial charge in [0, 0.05) is 30.7 Å². The highest BCUT2D eigenvalue weighted by molar-refractivity contribution is 7.99. The number of hydrogen-bond acceptors (Lipinski definition) is 6. The molecule has 0 spiro atoms. The van der Waals surface area contributed by atoms with E-state index in [2.05, 4.69) is 5.32 Å². The summed E-state index contributed by atoms with van der Waals surface area (Å²) >= 11 is 7.45. The first-order valence-electron chi connectivity index (χ1n) is 9.01. The highest BCUT2D eigenvalue weighted by Gasteiger charge is 2.25. The largest absolute Gasteiger partial charge is 0.490 e. The lowest BCUT2D eigenvalue weighted by Crippen LogP contribution is -2.47. The summed E-state index contributed by atoms with van der Waals surface area (Å²) in [7, 11) is 0. The highest BCUT2D eigenvalue weighted by Crippen LogP contribution is 2.24. The van der Waals surface area contributed by atoms with Gasteiger partial charge in [0.2, 0.25) is 11.8 Å². The first kappa shape index (κ1) is 22.5. The molecular weight excluding hydrogens is 404 g/mol. The van der Waals surface area contributed by atoms with E-state index in [9.17, 15) is 14.4 Å². The molecule has 1 heterocycles. The van der Waals surface area contributed by atoms with Crippen LogP contribution in [-0.2, 0) is 14.3 Å². The van der Waals surface area contributed by atoms with Crippen LogP contribution in [0.1, 0.15) is 30.6 Å². The van der Waals surface area contributed by atoms with Crippen molar-refractivity contribution in [3.05, 3.63) is 28.8 Å². The second-order valence-corrected chi connectivity index (χ2v) is 7.92. The third-order valence-corrected chi connectivity index (χ3v) is 5.20. The predicted octanol–water partition coefficient (Wildman–Crippen LogP) is 2.37. The number of ketones is 1. The Hall–Kier alpha value is -1.77. The molecule has 0 aliphatic carbocycles. The molecule has 0 aromatic heterocycles. The van der Waals surface area contributed by atoms with E-state index in [4.69, 9.17) is 21.1 Å². The molecule has 1 aliphatic heterocycles. The van der Waals surface area contributed by atoms with Crippen molar-refractivity contribution in [1.29, 1.82) is 0 Å². The predicted molar refractivity (Wildman–Crippen MR) is 109 cm³/mol. The average molecular weight is 429 g/mol. The van der Waals surface area contributed by atoms with Gasteiger partial charge in [0.1, 0.15) is 18.5 Å². The lowest BCUT2D eigenvalue weighted by atomic mass is 10.1. The molecule has 7 nitrogen and oxygen atoms in total. The van der Waals surface area contributed by atoms with Crippen LogP contribution in [0.3, 0.4) is 0 Å². The van der Waals surface area contributed by atoms with Gasteiger partial charge >= 0.3 is 0 Å². The van der Waals surface area contributed by atoms with E-state index in [1.165, 1.54) is 25.6 Å². The van der Waals surface area contributed by atoms with Gasteiger partial charge in [0.05, 0.1) is 24.6 Å². The molecule has 1 atom stereocenters. The average Bonchev–Trinajstić information content (AvgIpc) is 2.66. The number of carbonyl (C=O) groups is 3. The number of Topliss-reactive ketones (excluding diaryl/α,β-unsaturated/α-hetero) is 1. The zero-order valence-corrected chi connectivity index (χ0v) is 17.6. The number of hydrogen-bond donors (Lipinski definition) is 1. The zero-order valence-electron chi connectivity index (χ0n) is 16.0. The quantitative estimate of drug-likeness (QED) is 0.369. The van der Waals surface area contributed by atoms with Crippen molar-refractivity contribution in [3.8, 4) is 5.75 Å². The Morgan fingerprint density at radius 1 is 1.36 bits per heavy atom. The van der Waals surface area contributed by atoms with E-state index < -0.39 is 0 Å². The lowest BCUT2D eigenvalue weighted by molar-refractivity contribution is -0.139. The van der Waals surface area contributed by atoms with E-state index in [1.807, 2.05) is 0 Å². The van der Waals surface area contributed by atoms with Gasteiger partial charge in [-0.25, -0.2) is 0 Å². The Kier molecular flexibility index (Phi) is 9.08. The minimum absolute atomic E-state index is 0.0551. The number of ether oxygens (including phenoxy) is 2. The summed E-state index contributed by atoms with van der Waals surface area (Å²) < 4.78 is 11.5. The maximum atomic E-state index is 12.4. The maximum absolute atomic E-state index is 12.4. The molecule has 1 N–H and O–H groups in total. The van der Waals surface area contributed by atoms with Gasteiger partial charge in [-0.05, 0) is 25.1 Å². The molecule has 28 heavy (non-hydrogen) atoms. The second kappa shape index (κ2) is 11.3. The fourth-order valence-electron chi connectivity index (χ4n) is 2.68. The van der Waals surface area contributed by atoms with Gasteiger partial charge in [-0.15, -0.1) is 11.8 Å². The number of nitrogens with one attached hydrogen (secondary N) is 1. The Morgan fingerprint density at radius 2 is 2.14 bits per heavy atom. The SMILES string of the molecule is CC(=O)NCSCCC(=O)N1CCOC(COc2ccc(Cl)cc2C(C)=O)C1. The third-order valence-electron chi connectivity index (χ3n) is 4.12. The number of halogens is 1. The standard InChI is InChI=1S/C19H25ClN2O5S/c1-13(23)17-9-15(20)3-4-18(17)27-11-16-10-22(6-7-26-16)19(25)5-8-28-12-21-14(2)24/h3-4,9,16H,5-8,10-12H2,1-2H3,(H,21,24). The molecule has 1 fully saturated rings. The first-order valence-corrected chi connectivity index (χ1v) is 10.5. The third kappa shape index (κ3) is 7.33. The Balaban J connectivity index is 1.79. The Morgan fingerprint density at radius 3 is 2.86 bits per heavy atom. The van der Waals surface area contributed by atoms with Crippen LogP contribution in [0, 0.1) is 0 Å². The van der Waals surface area contributed by atoms with Crippen LogP contribution in [0.5, 0.6) is 5.75 Å². The monoisotopic (exact) mass is 428 g/mol.